The van der Waals surface area contributed by atoms with Gasteiger partial charge in [-0.1, -0.05) is 6.92 Å². The first kappa shape index (κ1) is 16.0. The fraction of sp³-hybridized carbons (Fsp3) is 0.312. The molecule has 22 heavy (non-hydrogen) atoms. The van der Waals surface area contributed by atoms with Gasteiger partial charge in [0.1, 0.15) is 17.4 Å². The maximum atomic E-state index is 12.0. The third-order valence-corrected chi connectivity index (χ3v) is 4.16. The number of hydrogen-bond donors (Lipinski definition) is 1. The topological polar surface area (TPSA) is 78.9 Å². The summed E-state index contributed by atoms with van der Waals surface area (Å²) in [4.78, 5) is 17.7. The van der Waals surface area contributed by atoms with Gasteiger partial charge in [-0.2, -0.15) is 5.26 Å². The van der Waals surface area contributed by atoms with Crippen molar-refractivity contribution >= 4 is 23.3 Å². The second-order valence-corrected chi connectivity index (χ2v) is 5.94. The molecule has 0 saturated heterocycles. The molecule has 0 atom stereocenters. The van der Waals surface area contributed by atoms with Crippen molar-refractivity contribution < 1.29 is 9.21 Å². The molecule has 2 heterocycles. The van der Waals surface area contributed by atoms with Crippen molar-refractivity contribution in [3.63, 3.8) is 0 Å². The van der Waals surface area contributed by atoms with Crippen LogP contribution >= 0.6 is 11.3 Å². The SMILES string of the molecule is CCc1nc(CCNC(=O)C(C#N)=Cc2ccco2)sc1C. The molecule has 2 rings (SSSR count). The van der Waals surface area contributed by atoms with E-state index in [1.165, 1.54) is 17.2 Å². The van der Waals surface area contributed by atoms with Crippen molar-refractivity contribution in [1.82, 2.24) is 10.3 Å². The van der Waals surface area contributed by atoms with Crippen LogP contribution in [0.25, 0.3) is 6.08 Å². The van der Waals surface area contributed by atoms with Crippen molar-refractivity contribution in [3.05, 3.63) is 45.3 Å². The van der Waals surface area contributed by atoms with E-state index >= 15 is 0 Å². The van der Waals surface area contributed by atoms with E-state index in [2.05, 4.69) is 24.1 Å². The molecule has 0 unspecified atom stereocenters. The van der Waals surface area contributed by atoms with Crippen molar-refractivity contribution in [2.75, 3.05) is 6.54 Å². The summed E-state index contributed by atoms with van der Waals surface area (Å²) >= 11 is 1.65. The number of thiazole rings is 1. The highest BCUT2D eigenvalue weighted by Gasteiger charge is 2.10. The summed E-state index contributed by atoms with van der Waals surface area (Å²) in [6, 6.07) is 5.28. The molecule has 0 aliphatic carbocycles. The van der Waals surface area contributed by atoms with Crippen LogP contribution in [-0.4, -0.2) is 17.4 Å². The van der Waals surface area contributed by atoms with Crippen LogP contribution in [0, 0.1) is 18.3 Å². The summed E-state index contributed by atoms with van der Waals surface area (Å²) in [6.45, 7) is 4.58. The van der Waals surface area contributed by atoms with Gasteiger partial charge in [-0.25, -0.2) is 4.98 Å². The average molecular weight is 315 g/mol. The van der Waals surface area contributed by atoms with Gasteiger partial charge in [0.2, 0.25) is 0 Å². The molecule has 0 aromatic carbocycles. The Balaban J connectivity index is 1.90. The molecule has 5 nitrogen and oxygen atoms in total. The summed E-state index contributed by atoms with van der Waals surface area (Å²) < 4.78 is 5.10. The molecule has 1 amide bonds. The standard InChI is InChI=1S/C16H17N3O2S/c1-3-14-11(2)22-15(19-14)6-7-18-16(20)12(10-17)9-13-5-4-8-21-13/h4-5,8-9H,3,6-7H2,1-2H3,(H,18,20). The van der Waals surface area contributed by atoms with E-state index in [1.54, 1.807) is 23.5 Å². The molecule has 0 spiro atoms. The van der Waals surface area contributed by atoms with Crippen LogP contribution in [0.3, 0.4) is 0 Å². The zero-order valence-electron chi connectivity index (χ0n) is 12.5. The predicted molar refractivity (Wildman–Crippen MR) is 85.2 cm³/mol. The summed E-state index contributed by atoms with van der Waals surface area (Å²) in [5.74, 6) is 0.0812. The zero-order valence-corrected chi connectivity index (χ0v) is 13.4. The number of carbonyl (C=O) groups is 1. The molecule has 0 saturated carbocycles. The zero-order chi connectivity index (χ0) is 15.9. The van der Waals surface area contributed by atoms with Gasteiger partial charge in [-0.05, 0) is 25.5 Å². The molecule has 6 heteroatoms. The van der Waals surface area contributed by atoms with Crippen LogP contribution in [0.15, 0.2) is 28.4 Å². The smallest absolute Gasteiger partial charge is 0.262 e. The second-order valence-electron chi connectivity index (χ2n) is 4.66. The van der Waals surface area contributed by atoms with Crippen LogP contribution in [0.2, 0.25) is 0 Å². The van der Waals surface area contributed by atoms with Gasteiger partial charge in [-0.15, -0.1) is 11.3 Å². The number of nitrogens with zero attached hydrogens (tertiary/aromatic N) is 2. The number of rotatable bonds is 6. The van der Waals surface area contributed by atoms with E-state index in [0.29, 0.717) is 18.7 Å². The number of furan rings is 1. The first-order chi connectivity index (χ1) is 10.6. The lowest BCUT2D eigenvalue weighted by Gasteiger charge is -2.02. The highest BCUT2D eigenvalue weighted by molar-refractivity contribution is 7.11. The molecule has 0 aliphatic heterocycles. The molecular weight excluding hydrogens is 298 g/mol. The number of nitriles is 1. The first-order valence-corrected chi connectivity index (χ1v) is 7.84. The van der Waals surface area contributed by atoms with Crippen molar-refractivity contribution in [1.29, 1.82) is 5.26 Å². The quantitative estimate of drug-likeness (QED) is 0.656. The van der Waals surface area contributed by atoms with E-state index in [0.717, 1.165) is 17.1 Å². The van der Waals surface area contributed by atoms with Gasteiger partial charge in [0.25, 0.3) is 5.91 Å². The monoisotopic (exact) mass is 315 g/mol. The molecule has 1 N–H and O–H groups in total. The van der Waals surface area contributed by atoms with Gasteiger partial charge in [-0.3, -0.25) is 4.79 Å². The van der Waals surface area contributed by atoms with Crippen molar-refractivity contribution in [2.45, 2.75) is 26.7 Å². The Morgan fingerprint density at radius 3 is 3.00 bits per heavy atom. The highest BCUT2D eigenvalue weighted by atomic mass is 32.1. The van der Waals surface area contributed by atoms with Crippen LogP contribution in [-0.2, 0) is 17.6 Å². The molecule has 114 valence electrons. The lowest BCUT2D eigenvalue weighted by molar-refractivity contribution is -0.117. The number of hydrogen-bond acceptors (Lipinski definition) is 5. The van der Waals surface area contributed by atoms with Crippen LogP contribution in [0.1, 0.15) is 28.3 Å². The summed E-state index contributed by atoms with van der Waals surface area (Å²) in [5.41, 5.74) is 1.14. The van der Waals surface area contributed by atoms with E-state index in [1.807, 2.05) is 6.07 Å². The Morgan fingerprint density at radius 2 is 2.41 bits per heavy atom. The molecule has 2 aromatic rings. The normalized spacial score (nSPS) is 11.2. The van der Waals surface area contributed by atoms with Crippen LogP contribution in [0.5, 0.6) is 0 Å². The largest absolute Gasteiger partial charge is 0.465 e. The molecular formula is C16H17N3O2S. The third-order valence-electron chi connectivity index (χ3n) is 3.09. The minimum absolute atomic E-state index is 0.0273. The lowest BCUT2D eigenvalue weighted by Crippen LogP contribution is -2.26. The van der Waals surface area contributed by atoms with Gasteiger partial charge in [0.05, 0.1) is 17.0 Å². The minimum Gasteiger partial charge on any atom is -0.465 e. The van der Waals surface area contributed by atoms with Gasteiger partial charge < -0.3 is 9.73 Å². The van der Waals surface area contributed by atoms with Crippen molar-refractivity contribution in [3.8, 4) is 6.07 Å². The third kappa shape index (κ3) is 4.06. The summed E-state index contributed by atoms with van der Waals surface area (Å²) in [7, 11) is 0. The molecule has 0 radical (unpaired) electrons. The predicted octanol–water partition coefficient (Wildman–Crippen LogP) is 2.87. The second kappa shape index (κ2) is 7.57. The fourth-order valence-electron chi connectivity index (χ4n) is 1.97. The number of carbonyl (C=O) groups excluding carboxylic acids is 1. The highest BCUT2D eigenvalue weighted by Crippen LogP contribution is 2.18. The van der Waals surface area contributed by atoms with Crippen LogP contribution in [0.4, 0.5) is 0 Å². The Labute approximate surface area is 133 Å². The lowest BCUT2D eigenvalue weighted by atomic mass is 10.2. The summed E-state index contributed by atoms with van der Waals surface area (Å²) in [6.07, 6.45) is 4.50. The van der Waals surface area contributed by atoms with Gasteiger partial charge >= 0.3 is 0 Å². The number of nitrogens with one attached hydrogen (secondary N) is 1. The molecule has 0 aliphatic rings. The van der Waals surface area contributed by atoms with Gasteiger partial charge in [0, 0.05) is 23.9 Å². The Hall–Kier alpha value is -2.39. The number of aryl methyl sites for hydroxylation is 2. The maximum Gasteiger partial charge on any atom is 0.262 e. The summed E-state index contributed by atoms with van der Waals surface area (Å²) in [5, 5.41) is 12.8. The van der Waals surface area contributed by atoms with E-state index < -0.39 is 5.91 Å². The fourth-order valence-corrected chi connectivity index (χ4v) is 2.99. The van der Waals surface area contributed by atoms with Gasteiger partial charge in [0.15, 0.2) is 0 Å². The molecule has 2 aromatic heterocycles. The molecule has 0 fully saturated rings. The van der Waals surface area contributed by atoms with Crippen molar-refractivity contribution in [2.24, 2.45) is 0 Å². The van der Waals surface area contributed by atoms with E-state index in [9.17, 15) is 4.79 Å². The van der Waals surface area contributed by atoms with Crippen LogP contribution < -0.4 is 5.32 Å². The minimum atomic E-state index is -0.400. The average Bonchev–Trinajstić information content (AvgIpc) is 3.14. The van der Waals surface area contributed by atoms with E-state index in [-0.39, 0.29) is 5.57 Å². The Kier molecular flexibility index (Phi) is 5.50. The Bertz CT molecular complexity index is 708. The first-order valence-electron chi connectivity index (χ1n) is 7.02. The number of aromatic nitrogens is 1. The Morgan fingerprint density at radius 1 is 1.59 bits per heavy atom. The number of amides is 1. The maximum absolute atomic E-state index is 12.0. The molecule has 0 bridgehead atoms. The van der Waals surface area contributed by atoms with E-state index in [4.69, 9.17) is 9.68 Å².